The van der Waals surface area contributed by atoms with Crippen LogP contribution in [0.4, 0.5) is 13.2 Å². The first kappa shape index (κ1) is 16.6. The average molecular weight is 402 g/mol. The fourth-order valence-electron chi connectivity index (χ4n) is 2.07. The van der Waals surface area contributed by atoms with Crippen LogP contribution >= 0.6 is 15.9 Å². The highest BCUT2D eigenvalue weighted by Crippen LogP contribution is 2.33. The second kappa shape index (κ2) is 5.69. The third-order valence-electron chi connectivity index (χ3n) is 3.46. The van der Waals surface area contributed by atoms with Gasteiger partial charge < -0.3 is 4.74 Å². The minimum Gasteiger partial charge on any atom is -0.434 e. The van der Waals surface area contributed by atoms with E-state index in [1.807, 2.05) is 0 Å². The number of rotatable bonds is 2. The zero-order valence-electron chi connectivity index (χ0n) is 12.8. The number of aromatic nitrogens is 5. The number of alkyl halides is 3. The van der Waals surface area contributed by atoms with Crippen molar-refractivity contribution in [1.82, 2.24) is 24.8 Å². The van der Waals surface area contributed by atoms with Crippen LogP contribution in [0.5, 0.6) is 11.6 Å². The van der Waals surface area contributed by atoms with Crippen LogP contribution in [0.3, 0.4) is 0 Å². The van der Waals surface area contributed by atoms with Gasteiger partial charge in [0.2, 0.25) is 5.88 Å². The largest absolute Gasteiger partial charge is 0.453 e. The molecular weight excluding hydrogens is 391 g/mol. The van der Waals surface area contributed by atoms with E-state index in [1.165, 1.54) is 0 Å². The molecule has 0 fully saturated rings. The Morgan fingerprint density at radius 2 is 1.79 bits per heavy atom. The standard InChI is InChI=1S/C14H11BrF3N5O/c1-6-4-5-9(10(15)19-6)24-12-8(3)7(2)11-20-21-13(14(16,17)18)23(11)22-12/h4-5H,1-3H3. The third-order valence-corrected chi connectivity index (χ3v) is 4.03. The molecular formula is C14H11BrF3N5O. The minimum atomic E-state index is -4.67. The van der Waals surface area contributed by atoms with Crippen molar-refractivity contribution in [1.29, 1.82) is 0 Å². The van der Waals surface area contributed by atoms with E-state index in [4.69, 9.17) is 4.74 Å². The molecule has 6 nitrogen and oxygen atoms in total. The fraction of sp³-hybridized carbons (Fsp3) is 0.286. The van der Waals surface area contributed by atoms with Crippen LogP contribution in [0.2, 0.25) is 0 Å². The SMILES string of the molecule is Cc1ccc(Oc2nn3c(C(F)(F)F)nnc3c(C)c2C)c(Br)n1. The Bertz CT molecular complexity index is 938. The maximum atomic E-state index is 13.0. The van der Waals surface area contributed by atoms with Gasteiger partial charge in [0.05, 0.1) is 0 Å². The van der Waals surface area contributed by atoms with Crippen molar-refractivity contribution in [2.75, 3.05) is 0 Å². The smallest absolute Gasteiger partial charge is 0.434 e. The lowest BCUT2D eigenvalue weighted by atomic mass is 10.2. The summed E-state index contributed by atoms with van der Waals surface area (Å²) in [5.41, 5.74) is 1.87. The van der Waals surface area contributed by atoms with Crippen molar-refractivity contribution in [3.63, 3.8) is 0 Å². The monoisotopic (exact) mass is 401 g/mol. The van der Waals surface area contributed by atoms with Gasteiger partial charge in [-0.2, -0.15) is 17.7 Å². The predicted octanol–water partition coefficient (Wildman–Crippen LogP) is 4.02. The molecule has 0 aromatic carbocycles. The summed E-state index contributed by atoms with van der Waals surface area (Å²) in [6.45, 7) is 5.13. The lowest BCUT2D eigenvalue weighted by Gasteiger charge is -2.12. The zero-order valence-corrected chi connectivity index (χ0v) is 14.4. The molecule has 3 aromatic rings. The summed E-state index contributed by atoms with van der Waals surface area (Å²) < 4.78 is 45.8. The maximum Gasteiger partial charge on any atom is 0.453 e. The van der Waals surface area contributed by atoms with Crippen molar-refractivity contribution in [2.24, 2.45) is 0 Å². The Morgan fingerprint density at radius 1 is 1.08 bits per heavy atom. The Morgan fingerprint density at radius 3 is 2.42 bits per heavy atom. The molecule has 0 aliphatic rings. The summed E-state index contributed by atoms with van der Waals surface area (Å²) >= 11 is 3.26. The number of pyridine rings is 1. The highest BCUT2D eigenvalue weighted by atomic mass is 79.9. The number of fused-ring (bicyclic) bond motifs is 1. The van der Waals surface area contributed by atoms with Gasteiger partial charge in [0, 0.05) is 16.8 Å². The van der Waals surface area contributed by atoms with E-state index in [2.05, 4.69) is 36.2 Å². The number of ether oxygens (including phenoxy) is 1. The molecule has 0 aliphatic heterocycles. The van der Waals surface area contributed by atoms with E-state index >= 15 is 0 Å². The molecule has 3 heterocycles. The molecule has 3 aromatic heterocycles. The summed E-state index contributed by atoms with van der Waals surface area (Å²) in [4.78, 5) is 4.18. The Labute approximate surface area is 142 Å². The van der Waals surface area contributed by atoms with E-state index in [0.29, 0.717) is 26.0 Å². The Kier molecular flexibility index (Phi) is 3.94. The Balaban J connectivity index is 2.15. The van der Waals surface area contributed by atoms with Crippen LogP contribution in [0, 0.1) is 20.8 Å². The van der Waals surface area contributed by atoms with Gasteiger partial charge in [0.1, 0.15) is 4.60 Å². The van der Waals surface area contributed by atoms with E-state index in [1.54, 1.807) is 32.9 Å². The van der Waals surface area contributed by atoms with Gasteiger partial charge in [-0.1, -0.05) is 0 Å². The molecule has 0 N–H and O–H groups in total. The number of nitrogens with zero attached hydrogens (tertiary/aromatic N) is 5. The highest BCUT2D eigenvalue weighted by Gasteiger charge is 2.38. The van der Waals surface area contributed by atoms with Gasteiger partial charge in [-0.15, -0.1) is 15.3 Å². The molecule has 0 aliphatic carbocycles. The summed E-state index contributed by atoms with van der Waals surface area (Å²) in [7, 11) is 0. The molecule has 0 atom stereocenters. The first-order valence-electron chi connectivity index (χ1n) is 6.79. The third kappa shape index (κ3) is 2.81. The van der Waals surface area contributed by atoms with Crippen LogP contribution in [0.1, 0.15) is 22.6 Å². The van der Waals surface area contributed by atoms with Gasteiger partial charge in [0.25, 0.3) is 5.82 Å². The van der Waals surface area contributed by atoms with Gasteiger partial charge in [-0.05, 0) is 48.8 Å². The van der Waals surface area contributed by atoms with Crippen molar-refractivity contribution >= 4 is 21.6 Å². The number of hydrogen-bond donors (Lipinski definition) is 0. The first-order valence-corrected chi connectivity index (χ1v) is 7.58. The van der Waals surface area contributed by atoms with Crippen molar-refractivity contribution in [3.8, 4) is 11.6 Å². The molecule has 0 saturated heterocycles. The maximum absolute atomic E-state index is 13.0. The Hall–Kier alpha value is -2.23. The number of aryl methyl sites for hydroxylation is 2. The van der Waals surface area contributed by atoms with E-state index < -0.39 is 12.0 Å². The van der Waals surface area contributed by atoms with Crippen LogP contribution in [-0.2, 0) is 6.18 Å². The molecule has 0 radical (unpaired) electrons. The summed E-state index contributed by atoms with van der Waals surface area (Å²) in [5.74, 6) is -0.834. The molecule has 24 heavy (non-hydrogen) atoms. The normalized spacial score (nSPS) is 12.0. The fourth-order valence-corrected chi connectivity index (χ4v) is 2.56. The second-order valence-electron chi connectivity index (χ2n) is 5.16. The number of halogens is 4. The molecule has 10 heteroatoms. The van der Waals surface area contributed by atoms with Crippen LogP contribution in [-0.4, -0.2) is 24.8 Å². The summed E-state index contributed by atoms with van der Waals surface area (Å²) in [6, 6.07) is 3.38. The van der Waals surface area contributed by atoms with Gasteiger partial charge in [0.15, 0.2) is 11.4 Å². The van der Waals surface area contributed by atoms with Gasteiger partial charge in [-0.25, -0.2) is 4.98 Å². The molecule has 0 saturated carbocycles. The summed E-state index contributed by atoms with van der Waals surface area (Å²) in [5, 5.41) is 10.7. The molecule has 0 bridgehead atoms. The van der Waals surface area contributed by atoms with E-state index in [0.717, 1.165) is 5.69 Å². The van der Waals surface area contributed by atoms with E-state index in [9.17, 15) is 13.2 Å². The molecule has 0 spiro atoms. The minimum absolute atomic E-state index is 0.0247. The first-order chi connectivity index (χ1) is 11.2. The molecule has 3 rings (SSSR count). The predicted molar refractivity (Wildman–Crippen MR) is 82.0 cm³/mol. The number of hydrogen-bond acceptors (Lipinski definition) is 5. The zero-order chi connectivity index (χ0) is 17.6. The quantitative estimate of drug-likeness (QED) is 0.606. The van der Waals surface area contributed by atoms with E-state index in [-0.39, 0.29) is 11.5 Å². The van der Waals surface area contributed by atoms with Gasteiger partial charge in [-0.3, -0.25) is 0 Å². The van der Waals surface area contributed by atoms with Crippen LogP contribution in [0.15, 0.2) is 16.7 Å². The lowest BCUT2D eigenvalue weighted by Crippen LogP contribution is -2.13. The van der Waals surface area contributed by atoms with Crippen LogP contribution < -0.4 is 4.74 Å². The highest BCUT2D eigenvalue weighted by molar-refractivity contribution is 9.10. The second-order valence-corrected chi connectivity index (χ2v) is 5.91. The lowest BCUT2D eigenvalue weighted by molar-refractivity contribution is -0.146. The molecule has 0 unspecified atom stereocenters. The molecule has 126 valence electrons. The molecule has 0 amide bonds. The van der Waals surface area contributed by atoms with Gasteiger partial charge >= 0.3 is 6.18 Å². The van der Waals surface area contributed by atoms with Crippen LogP contribution in [0.25, 0.3) is 5.65 Å². The summed E-state index contributed by atoms with van der Waals surface area (Å²) in [6.07, 6.45) is -4.67. The van der Waals surface area contributed by atoms with Crippen molar-refractivity contribution < 1.29 is 17.9 Å². The topological polar surface area (TPSA) is 65.2 Å². The van der Waals surface area contributed by atoms with Crippen molar-refractivity contribution in [3.05, 3.63) is 39.4 Å². The van der Waals surface area contributed by atoms with Crippen molar-refractivity contribution in [2.45, 2.75) is 26.9 Å². The average Bonchev–Trinajstić information content (AvgIpc) is 2.91.